The largest absolute Gasteiger partial charge is 0.387 e. The highest BCUT2D eigenvalue weighted by Crippen LogP contribution is 2.33. The monoisotopic (exact) mass is 333 g/mol. The minimum atomic E-state index is -0.435. The van der Waals surface area contributed by atoms with Crippen molar-refractivity contribution >= 4 is 17.2 Å². The van der Waals surface area contributed by atoms with E-state index in [2.05, 4.69) is 0 Å². The number of hydrogen-bond donors (Lipinski definition) is 1. The van der Waals surface area contributed by atoms with Gasteiger partial charge in [0.2, 0.25) is 5.91 Å². The first-order valence-electron chi connectivity index (χ1n) is 7.87. The highest BCUT2D eigenvalue weighted by Gasteiger charge is 2.28. The maximum Gasteiger partial charge on any atom is 0.226 e. The predicted molar refractivity (Wildman–Crippen MR) is 88.7 cm³/mol. The summed E-state index contributed by atoms with van der Waals surface area (Å²) in [4.78, 5) is 15.1. The van der Waals surface area contributed by atoms with E-state index in [1.807, 2.05) is 22.4 Å². The number of carbonyl (C=O) groups excluding carboxylic acids is 1. The summed E-state index contributed by atoms with van der Waals surface area (Å²) in [5, 5.41) is 12.4. The third kappa shape index (κ3) is 3.98. The average molecular weight is 333 g/mol. The van der Waals surface area contributed by atoms with Gasteiger partial charge in [0.05, 0.1) is 12.5 Å². The van der Waals surface area contributed by atoms with Crippen molar-refractivity contribution in [2.75, 3.05) is 13.1 Å². The molecule has 1 unspecified atom stereocenters. The molecule has 0 aliphatic carbocycles. The zero-order chi connectivity index (χ0) is 16.2. The predicted octanol–water partition coefficient (Wildman–Crippen LogP) is 3.40. The van der Waals surface area contributed by atoms with Crippen LogP contribution in [0.1, 0.15) is 29.4 Å². The summed E-state index contributed by atoms with van der Waals surface area (Å²) < 4.78 is 13.2. The number of aliphatic hydroxyl groups is 1. The Bertz CT molecular complexity index is 651. The number of amides is 1. The summed E-state index contributed by atoms with van der Waals surface area (Å²) >= 11 is 1.57. The van der Waals surface area contributed by atoms with Crippen LogP contribution in [0.2, 0.25) is 0 Å². The highest BCUT2D eigenvalue weighted by atomic mass is 32.1. The van der Waals surface area contributed by atoms with Crippen molar-refractivity contribution in [3.05, 3.63) is 58.0 Å². The number of aliphatic hydroxyl groups excluding tert-OH is 1. The van der Waals surface area contributed by atoms with Gasteiger partial charge >= 0.3 is 0 Å². The van der Waals surface area contributed by atoms with E-state index in [1.165, 1.54) is 12.1 Å². The van der Waals surface area contributed by atoms with Crippen LogP contribution < -0.4 is 0 Å². The van der Waals surface area contributed by atoms with Crippen molar-refractivity contribution in [1.82, 2.24) is 4.90 Å². The molecule has 1 aromatic carbocycles. The van der Waals surface area contributed by atoms with Crippen molar-refractivity contribution in [2.24, 2.45) is 5.92 Å². The quantitative estimate of drug-likeness (QED) is 0.931. The van der Waals surface area contributed by atoms with E-state index in [0.717, 1.165) is 17.7 Å². The SMILES string of the molecule is O=C(Cc1cccc(F)c1)N1CCC(C(O)c2cccs2)CC1. The van der Waals surface area contributed by atoms with Crippen LogP contribution in [0, 0.1) is 11.7 Å². The minimum absolute atomic E-state index is 0.0275. The molecule has 1 aliphatic rings. The molecule has 23 heavy (non-hydrogen) atoms. The van der Waals surface area contributed by atoms with Gasteiger partial charge in [-0.2, -0.15) is 0 Å². The summed E-state index contributed by atoms with van der Waals surface area (Å²) in [5.74, 6) is -0.0837. The minimum Gasteiger partial charge on any atom is -0.387 e. The Kier molecular flexibility index (Phi) is 5.08. The molecular weight excluding hydrogens is 313 g/mol. The van der Waals surface area contributed by atoms with Gasteiger partial charge in [0.1, 0.15) is 5.82 Å². The van der Waals surface area contributed by atoms with Crippen LogP contribution in [-0.4, -0.2) is 29.0 Å². The lowest BCUT2D eigenvalue weighted by atomic mass is 9.90. The fourth-order valence-corrected chi connectivity index (χ4v) is 3.89. The second-order valence-electron chi connectivity index (χ2n) is 5.99. The molecule has 122 valence electrons. The average Bonchev–Trinajstić information content (AvgIpc) is 3.09. The molecule has 1 aliphatic heterocycles. The molecule has 2 heterocycles. The van der Waals surface area contributed by atoms with E-state index in [4.69, 9.17) is 0 Å². The number of benzene rings is 1. The van der Waals surface area contributed by atoms with Gasteiger partial charge in [-0.1, -0.05) is 18.2 Å². The molecule has 1 amide bonds. The molecule has 1 saturated heterocycles. The highest BCUT2D eigenvalue weighted by molar-refractivity contribution is 7.10. The maximum atomic E-state index is 13.2. The van der Waals surface area contributed by atoms with Crippen molar-refractivity contribution in [1.29, 1.82) is 0 Å². The molecule has 5 heteroatoms. The molecule has 1 N–H and O–H groups in total. The lowest BCUT2D eigenvalue weighted by Crippen LogP contribution is -2.40. The molecule has 0 bridgehead atoms. The number of nitrogens with zero attached hydrogens (tertiary/aromatic N) is 1. The Morgan fingerprint density at radius 1 is 1.30 bits per heavy atom. The Labute approximate surface area is 139 Å². The van der Waals surface area contributed by atoms with Crippen LogP contribution in [0.4, 0.5) is 4.39 Å². The van der Waals surface area contributed by atoms with Gasteiger partial charge in [-0.25, -0.2) is 4.39 Å². The Hall–Kier alpha value is -1.72. The van der Waals surface area contributed by atoms with Gasteiger partial charge in [-0.15, -0.1) is 11.3 Å². The van der Waals surface area contributed by atoms with Gasteiger partial charge < -0.3 is 10.0 Å². The van der Waals surface area contributed by atoms with E-state index >= 15 is 0 Å². The molecule has 1 fully saturated rings. The van der Waals surface area contributed by atoms with E-state index in [0.29, 0.717) is 18.7 Å². The lowest BCUT2D eigenvalue weighted by Gasteiger charge is -2.34. The third-order valence-corrected chi connectivity index (χ3v) is 5.36. The Morgan fingerprint density at radius 2 is 2.09 bits per heavy atom. The van der Waals surface area contributed by atoms with Crippen LogP contribution in [0.25, 0.3) is 0 Å². The number of carbonyl (C=O) groups is 1. The maximum absolute atomic E-state index is 13.2. The Morgan fingerprint density at radius 3 is 2.74 bits per heavy atom. The van der Waals surface area contributed by atoms with Gasteiger partial charge in [0.15, 0.2) is 0 Å². The van der Waals surface area contributed by atoms with E-state index in [1.54, 1.807) is 23.5 Å². The third-order valence-electron chi connectivity index (χ3n) is 4.42. The molecule has 0 saturated carbocycles. The van der Waals surface area contributed by atoms with Crippen LogP contribution in [0.3, 0.4) is 0 Å². The lowest BCUT2D eigenvalue weighted by molar-refractivity contribution is -0.132. The van der Waals surface area contributed by atoms with Crippen molar-refractivity contribution in [3.8, 4) is 0 Å². The smallest absolute Gasteiger partial charge is 0.226 e. The van der Waals surface area contributed by atoms with E-state index in [-0.39, 0.29) is 24.1 Å². The number of hydrogen-bond acceptors (Lipinski definition) is 3. The fourth-order valence-electron chi connectivity index (χ4n) is 3.09. The molecule has 0 radical (unpaired) electrons. The second kappa shape index (κ2) is 7.23. The van der Waals surface area contributed by atoms with Gasteiger partial charge in [0, 0.05) is 18.0 Å². The second-order valence-corrected chi connectivity index (χ2v) is 6.96. The summed E-state index contributed by atoms with van der Waals surface area (Å²) in [5.41, 5.74) is 0.704. The zero-order valence-electron chi connectivity index (χ0n) is 12.8. The fraction of sp³-hybridized carbons (Fsp3) is 0.389. The van der Waals surface area contributed by atoms with Crippen molar-refractivity contribution in [2.45, 2.75) is 25.4 Å². The summed E-state index contributed by atoms with van der Waals surface area (Å²) in [6.45, 7) is 1.31. The van der Waals surface area contributed by atoms with E-state index < -0.39 is 6.10 Å². The molecule has 0 spiro atoms. The summed E-state index contributed by atoms with van der Waals surface area (Å²) in [7, 11) is 0. The van der Waals surface area contributed by atoms with Crippen molar-refractivity contribution in [3.63, 3.8) is 0 Å². The normalized spacial score (nSPS) is 17.2. The first-order chi connectivity index (χ1) is 11.1. The number of thiophene rings is 1. The molecule has 1 atom stereocenters. The number of rotatable bonds is 4. The first-order valence-corrected chi connectivity index (χ1v) is 8.75. The zero-order valence-corrected chi connectivity index (χ0v) is 13.6. The molecule has 2 aromatic rings. The topological polar surface area (TPSA) is 40.5 Å². The van der Waals surface area contributed by atoms with Gasteiger partial charge in [-0.3, -0.25) is 4.79 Å². The standard InChI is InChI=1S/C18H20FNO2S/c19-15-4-1-3-13(11-15)12-17(21)20-8-6-14(7-9-20)18(22)16-5-2-10-23-16/h1-5,10-11,14,18,22H,6-9,12H2. The molecule has 3 nitrogen and oxygen atoms in total. The van der Waals surface area contributed by atoms with Gasteiger partial charge in [-0.05, 0) is 47.9 Å². The summed E-state index contributed by atoms with van der Waals surface area (Å²) in [6.07, 6.45) is 1.40. The first kappa shape index (κ1) is 16.1. The van der Waals surface area contributed by atoms with Crippen LogP contribution >= 0.6 is 11.3 Å². The molecule has 1 aromatic heterocycles. The van der Waals surface area contributed by atoms with Gasteiger partial charge in [0.25, 0.3) is 0 Å². The van der Waals surface area contributed by atoms with Crippen molar-refractivity contribution < 1.29 is 14.3 Å². The van der Waals surface area contributed by atoms with Crippen LogP contribution in [0.15, 0.2) is 41.8 Å². The van der Waals surface area contributed by atoms with Crippen LogP contribution in [0.5, 0.6) is 0 Å². The number of halogens is 1. The summed E-state index contributed by atoms with van der Waals surface area (Å²) in [6, 6.07) is 10.1. The number of piperidine rings is 1. The van der Waals surface area contributed by atoms with Crippen LogP contribution in [-0.2, 0) is 11.2 Å². The molecular formula is C18H20FNO2S. The Balaban J connectivity index is 1.53. The number of likely N-dealkylation sites (tertiary alicyclic amines) is 1. The van der Waals surface area contributed by atoms with E-state index in [9.17, 15) is 14.3 Å². The molecule has 3 rings (SSSR count).